The Morgan fingerprint density at radius 2 is 1.10 bits per heavy atom. The highest BCUT2D eigenvalue weighted by Gasteiger charge is 2.24. The van der Waals surface area contributed by atoms with Crippen molar-refractivity contribution in [3.63, 3.8) is 0 Å². The molecule has 0 aromatic carbocycles. The standard InChI is InChI=1S/C8H14O4.C6H14O3/c9-7(10)5-3-1-2-4-6-8(11)12;1-2-6(3-7,4-8)5-9/h1-6H2,(H,9,10)(H,11,12);7-9H,2-5H2,1H3. The molecule has 5 N–H and O–H groups in total. The van der Waals surface area contributed by atoms with Crippen molar-refractivity contribution >= 4 is 11.9 Å². The van der Waals surface area contributed by atoms with Gasteiger partial charge in [-0.15, -0.1) is 0 Å². The maximum atomic E-state index is 10.0. The number of carboxylic acids is 2. The fourth-order valence-electron chi connectivity index (χ4n) is 1.39. The van der Waals surface area contributed by atoms with Gasteiger partial charge in [0.05, 0.1) is 19.8 Å². The molecule has 0 aliphatic carbocycles. The molecule has 0 atom stereocenters. The molecule has 0 aromatic rings. The minimum Gasteiger partial charge on any atom is -0.481 e. The molecule has 0 fully saturated rings. The van der Waals surface area contributed by atoms with Gasteiger partial charge < -0.3 is 25.5 Å². The van der Waals surface area contributed by atoms with Crippen LogP contribution in [0.15, 0.2) is 0 Å². The molecule has 0 aliphatic rings. The van der Waals surface area contributed by atoms with E-state index in [1.807, 2.05) is 6.92 Å². The smallest absolute Gasteiger partial charge is 0.303 e. The zero-order chi connectivity index (χ0) is 16.7. The Bertz CT molecular complexity index is 239. The number of hydrogen-bond acceptors (Lipinski definition) is 5. The molecule has 0 bridgehead atoms. The van der Waals surface area contributed by atoms with Gasteiger partial charge in [-0.2, -0.15) is 0 Å². The van der Waals surface area contributed by atoms with Gasteiger partial charge in [0, 0.05) is 18.3 Å². The summed E-state index contributed by atoms with van der Waals surface area (Å²) in [5, 5.41) is 42.5. The van der Waals surface area contributed by atoms with Crippen LogP contribution in [0.5, 0.6) is 0 Å². The van der Waals surface area contributed by atoms with Crippen LogP contribution < -0.4 is 0 Å². The average Bonchev–Trinajstić information content (AvgIpc) is 2.46. The number of unbranched alkanes of at least 4 members (excludes halogenated alkanes) is 3. The number of carbonyl (C=O) groups is 2. The number of aliphatic hydroxyl groups excluding tert-OH is 3. The van der Waals surface area contributed by atoms with Gasteiger partial charge in [-0.25, -0.2) is 0 Å². The molecular formula is C14H28O7. The lowest BCUT2D eigenvalue weighted by Gasteiger charge is -2.24. The summed E-state index contributed by atoms with van der Waals surface area (Å²) >= 11 is 0. The second-order valence-corrected chi connectivity index (χ2v) is 5.03. The molecule has 7 nitrogen and oxygen atoms in total. The van der Waals surface area contributed by atoms with Crippen molar-refractivity contribution in [2.45, 2.75) is 51.9 Å². The Morgan fingerprint density at radius 1 is 0.762 bits per heavy atom. The highest BCUT2D eigenvalue weighted by atomic mass is 16.4. The van der Waals surface area contributed by atoms with Crippen molar-refractivity contribution in [2.24, 2.45) is 5.41 Å². The summed E-state index contributed by atoms with van der Waals surface area (Å²) in [5.74, 6) is -1.57. The minimum absolute atomic E-state index is 0.156. The van der Waals surface area contributed by atoms with Crippen LogP contribution >= 0.6 is 0 Å². The fraction of sp³-hybridized carbons (Fsp3) is 0.857. The number of aliphatic hydroxyl groups is 3. The van der Waals surface area contributed by atoms with E-state index in [1.165, 1.54) is 0 Å². The van der Waals surface area contributed by atoms with Crippen molar-refractivity contribution in [1.29, 1.82) is 0 Å². The van der Waals surface area contributed by atoms with E-state index in [0.29, 0.717) is 19.3 Å². The van der Waals surface area contributed by atoms with Crippen molar-refractivity contribution in [3.05, 3.63) is 0 Å². The molecule has 0 saturated heterocycles. The van der Waals surface area contributed by atoms with Gasteiger partial charge in [0.15, 0.2) is 0 Å². The van der Waals surface area contributed by atoms with Gasteiger partial charge in [0.25, 0.3) is 0 Å². The Labute approximate surface area is 125 Å². The van der Waals surface area contributed by atoms with Crippen molar-refractivity contribution in [1.82, 2.24) is 0 Å². The summed E-state index contributed by atoms with van der Waals surface area (Å²) in [6, 6.07) is 0. The number of rotatable bonds is 11. The molecule has 0 rings (SSSR count). The zero-order valence-electron chi connectivity index (χ0n) is 12.6. The second kappa shape index (κ2) is 13.8. The molecule has 0 unspecified atom stereocenters. The normalized spacial score (nSPS) is 10.7. The summed E-state index contributed by atoms with van der Waals surface area (Å²) in [6.07, 6.45) is 3.87. The summed E-state index contributed by atoms with van der Waals surface area (Å²) in [5.41, 5.74) is -0.667. The molecule has 0 radical (unpaired) electrons. The topological polar surface area (TPSA) is 135 Å². The lowest BCUT2D eigenvalue weighted by atomic mass is 9.88. The first-order valence-corrected chi connectivity index (χ1v) is 7.13. The molecule has 0 aromatic heterocycles. The van der Waals surface area contributed by atoms with Crippen molar-refractivity contribution in [2.75, 3.05) is 19.8 Å². The zero-order valence-corrected chi connectivity index (χ0v) is 12.6. The van der Waals surface area contributed by atoms with Crippen LogP contribution in [-0.4, -0.2) is 57.3 Å². The van der Waals surface area contributed by atoms with Crippen LogP contribution in [0.2, 0.25) is 0 Å². The van der Waals surface area contributed by atoms with E-state index in [0.717, 1.165) is 12.8 Å². The van der Waals surface area contributed by atoms with E-state index in [1.54, 1.807) is 0 Å². The number of carboxylic acid groups (broad SMARTS) is 2. The maximum absolute atomic E-state index is 10.0. The third-order valence-electron chi connectivity index (χ3n) is 3.29. The van der Waals surface area contributed by atoms with Gasteiger partial charge in [-0.05, 0) is 19.3 Å². The summed E-state index contributed by atoms with van der Waals surface area (Å²) in [4.78, 5) is 20.1. The molecular weight excluding hydrogens is 280 g/mol. The summed E-state index contributed by atoms with van der Waals surface area (Å²) in [7, 11) is 0. The quantitative estimate of drug-likeness (QED) is 0.357. The van der Waals surface area contributed by atoms with E-state index in [-0.39, 0.29) is 32.7 Å². The van der Waals surface area contributed by atoms with Gasteiger partial charge >= 0.3 is 11.9 Å². The van der Waals surface area contributed by atoms with Crippen LogP contribution in [0.1, 0.15) is 51.9 Å². The van der Waals surface area contributed by atoms with Gasteiger partial charge in [-0.1, -0.05) is 19.8 Å². The molecule has 0 saturated carbocycles. The molecule has 0 heterocycles. The Hall–Kier alpha value is -1.18. The van der Waals surface area contributed by atoms with Crippen LogP contribution in [0.3, 0.4) is 0 Å². The SMILES string of the molecule is CCC(CO)(CO)CO.O=C(O)CCCCCCC(=O)O. The first-order chi connectivity index (χ1) is 9.87. The van der Waals surface area contributed by atoms with Crippen LogP contribution in [-0.2, 0) is 9.59 Å². The van der Waals surface area contributed by atoms with Crippen molar-refractivity contribution in [3.8, 4) is 0 Å². The van der Waals surface area contributed by atoms with Crippen molar-refractivity contribution < 1.29 is 35.1 Å². The minimum atomic E-state index is -0.784. The Kier molecular flexibility index (Phi) is 14.5. The van der Waals surface area contributed by atoms with Crippen LogP contribution in [0, 0.1) is 5.41 Å². The van der Waals surface area contributed by atoms with Gasteiger partial charge in [0.2, 0.25) is 0 Å². The monoisotopic (exact) mass is 308 g/mol. The predicted molar refractivity (Wildman–Crippen MR) is 77.0 cm³/mol. The highest BCUT2D eigenvalue weighted by Crippen LogP contribution is 2.18. The van der Waals surface area contributed by atoms with Gasteiger partial charge in [0.1, 0.15) is 0 Å². The molecule has 0 spiro atoms. The summed E-state index contributed by atoms with van der Waals surface area (Å²) < 4.78 is 0. The molecule has 7 heteroatoms. The molecule has 21 heavy (non-hydrogen) atoms. The molecule has 126 valence electrons. The van der Waals surface area contributed by atoms with E-state index in [2.05, 4.69) is 0 Å². The maximum Gasteiger partial charge on any atom is 0.303 e. The third kappa shape index (κ3) is 13.6. The number of hydrogen-bond donors (Lipinski definition) is 5. The third-order valence-corrected chi connectivity index (χ3v) is 3.29. The lowest BCUT2D eigenvalue weighted by molar-refractivity contribution is -0.138. The molecule has 0 amide bonds. The first kappa shape index (κ1) is 22.1. The van der Waals surface area contributed by atoms with E-state index >= 15 is 0 Å². The Morgan fingerprint density at radius 3 is 1.24 bits per heavy atom. The Balaban J connectivity index is 0. The largest absolute Gasteiger partial charge is 0.481 e. The molecule has 0 aliphatic heterocycles. The predicted octanol–water partition coefficient (Wildman–Crippen LogP) is 0.856. The summed E-state index contributed by atoms with van der Waals surface area (Å²) in [6.45, 7) is 1.35. The fourth-order valence-corrected chi connectivity index (χ4v) is 1.39. The van der Waals surface area contributed by atoms with Crippen LogP contribution in [0.4, 0.5) is 0 Å². The average molecular weight is 308 g/mol. The number of aliphatic carboxylic acids is 2. The first-order valence-electron chi connectivity index (χ1n) is 7.13. The second-order valence-electron chi connectivity index (χ2n) is 5.03. The lowest BCUT2D eigenvalue weighted by Crippen LogP contribution is -2.32. The van der Waals surface area contributed by atoms with E-state index < -0.39 is 17.4 Å². The highest BCUT2D eigenvalue weighted by molar-refractivity contribution is 5.66. The van der Waals surface area contributed by atoms with E-state index in [9.17, 15) is 9.59 Å². The van der Waals surface area contributed by atoms with Gasteiger partial charge in [-0.3, -0.25) is 9.59 Å². The van der Waals surface area contributed by atoms with Crippen LogP contribution in [0.25, 0.3) is 0 Å². The van der Waals surface area contributed by atoms with E-state index in [4.69, 9.17) is 25.5 Å².